The standard InChI is InChI=1S/C14H14N4O3S/c1-9-7-11(17-21-9)14(20)15-13-8-10(12-3-2-6-22-12)16-18(13)4-5-19/h2-3,6-8,19H,4-5H2,1H3,(H,15,20). The normalized spacial score (nSPS) is 10.8. The highest BCUT2D eigenvalue weighted by Crippen LogP contribution is 2.26. The van der Waals surface area contributed by atoms with Gasteiger partial charge >= 0.3 is 0 Å². The first kappa shape index (κ1) is 14.5. The number of carbonyl (C=O) groups excluding carboxylic acids is 1. The summed E-state index contributed by atoms with van der Waals surface area (Å²) in [6.07, 6.45) is 0. The van der Waals surface area contributed by atoms with Crippen LogP contribution >= 0.6 is 11.3 Å². The van der Waals surface area contributed by atoms with Crippen molar-refractivity contribution in [2.45, 2.75) is 13.5 Å². The second-order valence-corrected chi connectivity index (χ2v) is 5.56. The fraction of sp³-hybridized carbons (Fsp3) is 0.214. The Kier molecular flexibility index (Phi) is 4.03. The fourth-order valence-corrected chi connectivity index (χ4v) is 2.66. The van der Waals surface area contributed by atoms with Crippen LogP contribution in [0.1, 0.15) is 16.2 Å². The molecule has 0 aliphatic carbocycles. The number of rotatable bonds is 5. The Hall–Kier alpha value is -2.45. The number of carbonyl (C=O) groups is 1. The van der Waals surface area contributed by atoms with Crippen molar-refractivity contribution < 1.29 is 14.4 Å². The molecule has 0 saturated carbocycles. The molecule has 0 aliphatic rings. The van der Waals surface area contributed by atoms with Gasteiger partial charge in [0.05, 0.1) is 18.0 Å². The zero-order valence-corrected chi connectivity index (χ0v) is 12.6. The predicted octanol–water partition coefficient (Wildman–Crippen LogP) is 2.15. The van der Waals surface area contributed by atoms with Crippen molar-refractivity contribution in [3.63, 3.8) is 0 Å². The number of nitrogens with one attached hydrogen (secondary N) is 1. The zero-order valence-electron chi connectivity index (χ0n) is 11.8. The van der Waals surface area contributed by atoms with E-state index in [9.17, 15) is 4.79 Å². The van der Waals surface area contributed by atoms with E-state index in [1.54, 1.807) is 35.1 Å². The van der Waals surface area contributed by atoms with E-state index in [2.05, 4.69) is 15.6 Å². The van der Waals surface area contributed by atoms with E-state index in [0.29, 0.717) is 18.1 Å². The third-order valence-corrected chi connectivity index (χ3v) is 3.86. The average Bonchev–Trinajstić information content (AvgIpc) is 3.20. The van der Waals surface area contributed by atoms with Crippen LogP contribution in [-0.2, 0) is 6.54 Å². The molecule has 8 heteroatoms. The Morgan fingerprint density at radius 2 is 2.36 bits per heavy atom. The Balaban J connectivity index is 1.87. The van der Waals surface area contributed by atoms with Crippen LogP contribution in [0.2, 0.25) is 0 Å². The molecule has 0 spiro atoms. The van der Waals surface area contributed by atoms with Gasteiger partial charge in [0.2, 0.25) is 0 Å². The first-order valence-electron chi connectivity index (χ1n) is 6.64. The van der Waals surface area contributed by atoms with E-state index in [1.807, 2.05) is 17.5 Å². The largest absolute Gasteiger partial charge is 0.394 e. The van der Waals surface area contributed by atoms with Gasteiger partial charge in [-0.3, -0.25) is 4.79 Å². The summed E-state index contributed by atoms with van der Waals surface area (Å²) < 4.78 is 6.45. The van der Waals surface area contributed by atoms with Crippen LogP contribution in [0.5, 0.6) is 0 Å². The number of nitrogens with zero attached hydrogens (tertiary/aromatic N) is 3. The highest BCUT2D eigenvalue weighted by molar-refractivity contribution is 7.13. The Bertz CT molecular complexity index is 776. The van der Waals surface area contributed by atoms with E-state index in [1.165, 1.54) is 0 Å². The van der Waals surface area contributed by atoms with Crippen molar-refractivity contribution in [3.8, 4) is 10.6 Å². The van der Waals surface area contributed by atoms with Gasteiger partial charge in [-0.25, -0.2) is 4.68 Å². The molecule has 114 valence electrons. The summed E-state index contributed by atoms with van der Waals surface area (Å²) in [4.78, 5) is 13.1. The monoisotopic (exact) mass is 318 g/mol. The van der Waals surface area contributed by atoms with Crippen LogP contribution in [0, 0.1) is 6.92 Å². The number of amides is 1. The van der Waals surface area contributed by atoms with Gasteiger partial charge in [-0.15, -0.1) is 11.3 Å². The summed E-state index contributed by atoms with van der Waals surface area (Å²) in [7, 11) is 0. The van der Waals surface area contributed by atoms with Crippen LogP contribution in [0.25, 0.3) is 10.6 Å². The van der Waals surface area contributed by atoms with Crippen LogP contribution in [0.4, 0.5) is 5.82 Å². The number of aromatic nitrogens is 3. The van der Waals surface area contributed by atoms with Gasteiger partial charge in [0, 0.05) is 12.1 Å². The van der Waals surface area contributed by atoms with Gasteiger partial charge in [0.15, 0.2) is 5.69 Å². The highest BCUT2D eigenvalue weighted by atomic mass is 32.1. The molecule has 0 aliphatic heterocycles. The molecule has 0 radical (unpaired) electrons. The zero-order chi connectivity index (χ0) is 15.5. The molecule has 3 aromatic heterocycles. The van der Waals surface area contributed by atoms with Crippen molar-refractivity contribution >= 4 is 23.1 Å². The molecule has 0 saturated heterocycles. The summed E-state index contributed by atoms with van der Waals surface area (Å²) in [6, 6.07) is 7.21. The molecule has 0 fully saturated rings. The van der Waals surface area contributed by atoms with Crippen molar-refractivity contribution in [1.82, 2.24) is 14.9 Å². The van der Waals surface area contributed by atoms with E-state index in [4.69, 9.17) is 9.63 Å². The smallest absolute Gasteiger partial charge is 0.278 e. The van der Waals surface area contributed by atoms with Crippen molar-refractivity contribution in [2.75, 3.05) is 11.9 Å². The van der Waals surface area contributed by atoms with Gasteiger partial charge in [-0.2, -0.15) is 5.10 Å². The summed E-state index contributed by atoms with van der Waals surface area (Å²) in [5.74, 6) is 0.685. The van der Waals surface area contributed by atoms with E-state index >= 15 is 0 Å². The average molecular weight is 318 g/mol. The number of aryl methyl sites for hydroxylation is 1. The Labute approximate surface area is 130 Å². The first-order valence-corrected chi connectivity index (χ1v) is 7.52. The van der Waals surface area contributed by atoms with Crippen molar-refractivity contribution in [2.24, 2.45) is 0 Å². The third-order valence-electron chi connectivity index (χ3n) is 2.97. The molecule has 0 bridgehead atoms. The van der Waals surface area contributed by atoms with Gasteiger partial charge in [0.1, 0.15) is 17.3 Å². The lowest BCUT2D eigenvalue weighted by Gasteiger charge is -2.05. The molecule has 2 N–H and O–H groups in total. The van der Waals surface area contributed by atoms with Gasteiger partial charge in [-0.1, -0.05) is 11.2 Å². The van der Waals surface area contributed by atoms with E-state index in [0.717, 1.165) is 10.6 Å². The predicted molar refractivity (Wildman–Crippen MR) is 81.8 cm³/mol. The van der Waals surface area contributed by atoms with Gasteiger partial charge < -0.3 is 14.9 Å². The number of thiophene rings is 1. The Morgan fingerprint density at radius 1 is 1.50 bits per heavy atom. The maximum atomic E-state index is 12.1. The summed E-state index contributed by atoms with van der Waals surface area (Å²) in [6.45, 7) is 1.94. The number of hydrogen-bond donors (Lipinski definition) is 2. The number of aliphatic hydroxyl groups is 1. The van der Waals surface area contributed by atoms with E-state index in [-0.39, 0.29) is 18.2 Å². The second kappa shape index (κ2) is 6.12. The molecule has 3 rings (SSSR count). The molecular formula is C14H14N4O3S. The second-order valence-electron chi connectivity index (χ2n) is 4.62. The summed E-state index contributed by atoms with van der Waals surface area (Å²) in [5, 5.41) is 21.9. The fourth-order valence-electron chi connectivity index (χ4n) is 1.98. The lowest BCUT2D eigenvalue weighted by molar-refractivity contribution is 0.101. The Morgan fingerprint density at radius 3 is 3.00 bits per heavy atom. The molecule has 0 atom stereocenters. The maximum Gasteiger partial charge on any atom is 0.278 e. The van der Waals surface area contributed by atoms with Crippen molar-refractivity contribution in [1.29, 1.82) is 0 Å². The van der Waals surface area contributed by atoms with Gasteiger partial charge in [0.25, 0.3) is 5.91 Å². The van der Waals surface area contributed by atoms with E-state index < -0.39 is 0 Å². The summed E-state index contributed by atoms with van der Waals surface area (Å²) in [5.41, 5.74) is 0.946. The minimum absolute atomic E-state index is 0.0719. The number of hydrogen-bond acceptors (Lipinski definition) is 6. The minimum Gasteiger partial charge on any atom is -0.394 e. The van der Waals surface area contributed by atoms with Crippen molar-refractivity contribution in [3.05, 3.63) is 41.1 Å². The molecule has 3 heterocycles. The summed E-state index contributed by atoms with van der Waals surface area (Å²) >= 11 is 1.56. The molecule has 22 heavy (non-hydrogen) atoms. The quantitative estimate of drug-likeness (QED) is 0.752. The molecule has 1 amide bonds. The molecule has 0 aromatic carbocycles. The van der Waals surface area contributed by atoms with Crippen LogP contribution in [0.3, 0.4) is 0 Å². The van der Waals surface area contributed by atoms with Crippen LogP contribution < -0.4 is 5.32 Å². The first-order chi connectivity index (χ1) is 10.7. The van der Waals surface area contributed by atoms with Gasteiger partial charge in [-0.05, 0) is 18.4 Å². The lowest BCUT2D eigenvalue weighted by Crippen LogP contribution is -2.17. The highest BCUT2D eigenvalue weighted by Gasteiger charge is 2.16. The number of anilines is 1. The molecule has 3 aromatic rings. The van der Waals surface area contributed by atoms with Crippen LogP contribution in [-0.4, -0.2) is 32.6 Å². The third kappa shape index (κ3) is 2.92. The topological polar surface area (TPSA) is 93.2 Å². The molecular weight excluding hydrogens is 304 g/mol. The van der Waals surface area contributed by atoms with Crippen LogP contribution in [0.15, 0.2) is 34.2 Å². The molecule has 0 unspecified atom stereocenters. The molecule has 7 nitrogen and oxygen atoms in total. The minimum atomic E-state index is -0.381. The lowest BCUT2D eigenvalue weighted by atomic mass is 10.3. The number of aliphatic hydroxyl groups excluding tert-OH is 1. The SMILES string of the molecule is Cc1cc(C(=O)Nc2cc(-c3cccs3)nn2CCO)no1. The maximum absolute atomic E-state index is 12.1.